The Labute approximate surface area is 131 Å². The van der Waals surface area contributed by atoms with Crippen LogP contribution in [0, 0.1) is 5.92 Å². The molecule has 2 aliphatic rings. The Bertz CT molecular complexity index is 692. The Morgan fingerprint density at radius 1 is 1.38 bits per heavy atom. The second-order valence-electron chi connectivity index (χ2n) is 5.36. The molecule has 0 aliphatic carbocycles. The van der Waals surface area contributed by atoms with Crippen molar-refractivity contribution >= 4 is 37.5 Å². The number of nitrogens with two attached hydrogens (primary N) is 1. The molecule has 0 radical (unpaired) electrons. The Morgan fingerprint density at radius 2 is 2.14 bits per heavy atom. The molecular formula is C13H16BrN3O3S. The van der Waals surface area contributed by atoms with Crippen molar-refractivity contribution in [1.29, 1.82) is 0 Å². The number of rotatable bonds is 2. The molecule has 2 saturated heterocycles. The number of benzene rings is 1. The number of nitrogen functional groups attached to an aromatic ring is 1. The minimum atomic E-state index is -3.64. The van der Waals surface area contributed by atoms with E-state index in [1.54, 1.807) is 6.07 Å². The molecule has 2 heterocycles. The third-order valence-corrected chi connectivity index (χ3v) is 6.77. The fourth-order valence-electron chi connectivity index (χ4n) is 3.03. The van der Waals surface area contributed by atoms with Crippen LogP contribution in [0.5, 0.6) is 0 Å². The molecule has 1 aromatic carbocycles. The van der Waals surface area contributed by atoms with E-state index < -0.39 is 10.0 Å². The molecule has 1 amide bonds. The number of nitrogens with zero attached hydrogens (tertiary/aromatic N) is 1. The molecule has 21 heavy (non-hydrogen) atoms. The summed E-state index contributed by atoms with van der Waals surface area (Å²) in [5, 5.41) is 2.76. The van der Waals surface area contributed by atoms with Crippen molar-refractivity contribution in [3.63, 3.8) is 0 Å². The van der Waals surface area contributed by atoms with E-state index in [1.807, 2.05) is 0 Å². The van der Waals surface area contributed by atoms with Crippen LogP contribution in [0.4, 0.5) is 5.69 Å². The van der Waals surface area contributed by atoms with Crippen LogP contribution in [0.3, 0.4) is 0 Å². The number of hydrogen-bond acceptors (Lipinski definition) is 4. The lowest BCUT2D eigenvalue weighted by atomic mass is 9.93. The first-order chi connectivity index (χ1) is 9.91. The molecular weight excluding hydrogens is 358 g/mol. The molecule has 3 N–H and O–H groups in total. The highest BCUT2D eigenvalue weighted by molar-refractivity contribution is 9.10. The van der Waals surface area contributed by atoms with Gasteiger partial charge in [-0.2, -0.15) is 4.31 Å². The standard InChI is InChI=1S/C13H16BrN3O3S/c14-10-4-3-8(6-11(10)15)21(19,20)17-5-1-2-9-12(17)7-16-13(9)18/h3-4,6,9,12H,1-2,5,7,15H2,(H,16,18). The highest BCUT2D eigenvalue weighted by atomic mass is 79.9. The van der Waals surface area contributed by atoms with Gasteiger partial charge in [-0.05, 0) is 47.0 Å². The van der Waals surface area contributed by atoms with Gasteiger partial charge >= 0.3 is 0 Å². The zero-order valence-corrected chi connectivity index (χ0v) is 13.7. The van der Waals surface area contributed by atoms with Crippen LogP contribution in [-0.4, -0.2) is 37.8 Å². The topological polar surface area (TPSA) is 92.5 Å². The number of sulfonamides is 1. The third kappa shape index (κ3) is 2.45. The van der Waals surface area contributed by atoms with E-state index >= 15 is 0 Å². The molecule has 0 aromatic heterocycles. The van der Waals surface area contributed by atoms with E-state index in [-0.39, 0.29) is 22.8 Å². The molecule has 2 aliphatic heterocycles. The van der Waals surface area contributed by atoms with Crippen LogP contribution in [0.25, 0.3) is 0 Å². The zero-order chi connectivity index (χ0) is 15.2. The average molecular weight is 374 g/mol. The summed E-state index contributed by atoms with van der Waals surface area (Å²) in [7, 11) is -3.64. The number of hydrogen-bond donors (Lipinski definition) is 2. The lowest BCUT2D eigenvalue weighted by Crippen LogP contribution is -2.48. The lowest BCUT2D eigenvalue weighted by Gasteiger charge is -2.34. The number of nitrogens with one attached hydrogen (secondary N) is 1. The maximum atomic E-state index is 12.8. The van der Waals surface area contributed by atoms with Crippen LogP contribution in [0.2, 0.25) is 0 Å². The molecule has 6 nitrogen and oxygen atoms in total. The zero-order valence-electron chi connectivity index (χ0n) is 11.3. The third-order valence-electron chi connectivity index (χ3n) is 4.12. The summed E-state index contributed by atoms with van der Waals surface area (Å²) >= 11 is 3.26. The normalized spacial score (nSPS) is 26.4. The van der Waals surface area contributed by atoms with Gasteiger partial charge in [-0.15, -0.1) is 0 Å². The van der Waals surface area contributed by atoms with Gasteiger partial charge in [0.15, 0.2) is 0 Å². The highest BCUT2D eigenvalue weighted by Gasteiger charge is 2.45. The van der Waals surface area contributed by atoms with E-state index in [2.05, 4.69) is 21.2 Å². The first-order valence-corrected chi connectivity index (χ1v) is 8.99. The van der Waals surface area contributed by atoms with Gasteiger partial charge in [0.2, 0.25) is 15.9 Å². The molecule has 0 bridgehead atoms. The van der Waals surface area contributed by atoms with Gasteiger partial charge in [0.05, 0.1) is 16.9 Å². The van der Waals surface area contributed by atoms with Gasteiger partial charge in [-0.1, -0.05) is 0 Å². The number of amides is 1. The molecule has 0 spiro atoms. The van der Waals surface area contributed by atoms with Crippen molar-refractivity contribution in [1.82, 2.24) is 9.62 Å². The predicted molar refractivity (Wildman–Crippen MR) is 82.0 cm³/mol. The molecule has 2 fully saturated rings. The van der Waals surface area contributed by atoms with Crippen LogP contribution in [0.1, 0.15) is 12.8 Å². The summed E-state index contributed by atoms with van der Waals surface area (Å²) in [5.41, 5.74) is 6.16. The van der Waals surface area contributed by atoms with Gasteiger partial charge in [0.25, 0.3) is 0 Å². The summed E-state index contributed by atoms with van der Waals surface area (Å²) in [5.74, 6) is -0.281. The number of fused-ring (bicyclic) bond motifs is 1. The second kappa shape index (κ2) is 5.26. The van der Waals surface area contributed by atoms with Gasteiger partial charge < -0.3 is 11.1 Å². The van der Waals surface area contributed by atoms with Gasteiger partial charge in [-0.3, -0.25) is 4.79 Å². The minimum absolute atomic E-state index is 0.0461. The number of carbonyl (C=O) groups excluding carboxylic acids is 1. The number of halogens is 1. The van der Waals surface area contributed by atoms with Crippen molar-refractivity contribution in [2.24, 2.45) is 5.92 Å². The van der Waals surface area contributed by atoms with Crippen LogP contribution in [-0.2, 0) is 14.8 Å². The summed E-state index contributed by atoms with van der Waals surface area (Å²) in [6.07, 6.45) is 1.44. The van der Waals surface area contributed by atoms with Crippen LogP contribution >= 0.6 is 15.9 Å². The largest absolute Gasteiger partial charge is 0.398 e. The fourth-order valence-corrected chi connectivity index (χ4v) is 5.01. The Kier molecular flexibility index (Phi) is 3.71. The number of piperidine rings is 1. The Morgan fingerprint density at radius 3 is 2.86 bits per heavy atom. The lowest BCUT2D eigenvalue weighted by molar-refractivity contribution is -0.123. The average Bonchev–Trinajstić information content (AvgIpc) is 2.83. The van der Waals surface area contributed by atoms with E-state index in [0.717, 1.165) is 6.42 Å². The van der Waals surface area contributed by atoms with Crippen LogP contribution < -0.4 is 11.1 Å². The first-order valence-electron chi connectivity index (χ1n) is 6.76. The van der Waals surface area contributed by atoms with E-state index in [0.29, 0.717) is 29.7 Å². The van der Waals surface area contributed by atoms with E-state index in [9.17, 15) is 13.2 Å². The summed E-state index contributed by atoms with van der Waals surface area (Å²) < 4.78 is 27.7. The van der Waals surface area contributed by atoms with E-state index in [1.165, 1.54) is 16.4 Å². The van der Waals surface area contributed by atoms with Crippen molar-refractivity contribution in [2.75, 3.05) is 18.8 Å². The molecule has 8 heteroatoms. The number of anilines is 1. The minimum Gasteiger partial charge on any atom is -0.398 e. The predicted octanol–water partition coefficient (Wildman–Crippen LogP) is 0.930. The van der Waals surface area contributed by atoms with Gasteiger partial charge in [0, 0.05) is 23.2 Å². The smallest absolute Gasteiger partial charge is 0.243 e. The second-order valence-corrected chi connectivity index (χ2v) is 8.11. The number of carbonyl (C=O) groups is 1. The Balaban J connectivity index is 1.97. The van der Waals surface area contributed by atoms with Crippen molar-refractivity contribution in [2.45, 2.75) is 23.8 Å². The summed E-state index contributed by atoms with van der Waals surface area (Å²) in [6, 6.07) is 4.32. The van der Waals surface area contributed by atoms with Crippen molar-refractivity contribution in [3.8, 4) is 0 Å². The highest BCUT2D eigenvalue weighted by Crippen LogP contribution is 2.33. The fraction of sp³-hybridized carbons (Fsp3) is 0.462. The summed E-state index contributed by atoms with van der Waals surface area (Å²) in [4.78, 5) is 11.9. The SMILES string of the molecule is Nc1cc(S(=O)(=O)N2CCCC3C(=O)NCC32)ccc1Br. The molecule has 0 saturated carbocycles. The molecule has 114 valence electrons. The van der Waals surface area contributed by atoms with Gasteiger partial charge in [0.1, 0.15) is 0 Å². The quantitative estimate of drug-likeness (QED) is 0.754. The maximum absolute atomic E-state index is 12.8. The summed E-state index contributed by atoms with van der Waals surface area (Å²) in [6.45, 7) is 0.823. The first kappa shape index (κ1) is 14.8. The van der Waals surface area contributed by atoms with Crippen LogP contribution in [0.15, 0.2) is 27.6 Å². The Hall–Kier alpha value is -1.12. The molecule has 1 aromatic rings. The maximum Gasteiger partial charge on any atom is 0.243 e. The van der Waals surface area contributed by atoms with Gasteiger partial charge in [-0.25, -0.2) is 8.42 Å². The van der Waals surface area contributed by atoms with Crippen molar-refractivity contribution in [3.05, 3.63) is 22.7 Å². The monoisotopic (exact) mass is 373 g/mol. The molecule has 3 rings (SSSR count). The molecule has 2 unspecified atom stereocenters. The van der Waals surface area contributed by atoms with E-state index in [4.69, 9.17) is 5.73 Å². The van der Waals surface area contributed by atoms with Crippen molar-refractivity contribution < 1.29 is 13.2 Å². The molecule has 2 atom stereocenters.